The summed E-state index contributed by atoms with van der Waals surface area (Å²) in [7, 11) is 0. The highest BCUT2D eigenvalue weighted by molar-refractivity contribution is 9.10. The molecule has 0 aliphatic carbocycles. The monoisotopic (exact) mass is 375 g/mol. The number of hydrogen-bond acceptors (Lipinski definition) is 2. The first-order valence-electron chi connectivity index (χ1n) is 6.88. The summed E-state index contributed by atoms with van der Waals surface area (Å²) in [4.78, 5) is 3.99. The molecule has 3 aromatic rings. The van der Waals surface area contributed by atoms with Crippen LogP contribution in [0, 0.1) is 18.6 Å². The Morgan fingerprint density at radius 3 is 2.61 bits per heavy atom. The van der Waals surface area contributed by atoms with E-state index in [1.54, 1.807) is 6.07 Å². The van der Waals surface area contributed by atoms with E-state index in [1.807, 2.05) is 31.2 Å². The lowest BCUT2D eigenvalue weighted by molar-refractivity contribution is 0.574. The van der Waals surface area contributed by atoms with Gasteiger partial charge in [0.15, 0.2) is 5.82 Å². The summed E-state index contributed by atoms with van der Waals surface area (Å²) in [5, 5.41) is 0. The van der Waals surface area contributed by atoms with Gasteiger partial charge in [-0.25, -0.2) is 13.8 Å². The van der Waals surface area contributed by atoms with Crippen molar-refractivity contribution in [3.8, 4) is 11.3 Å². The summed E-state index contributed by atoms with van der Waals surface area (Å²) in [6.07, 6.45) is 1.40. The third-order valence-electron chi connectivity index (χ3n) is 3.26. The van der Waals surface area contributed by atoms with E-state index >= 15 is 0 Å². The standard InChI is InChI=1S/C18H12BrF2NO/c1-11-2-5-14(15(19)8-11)18-7-4-13(23-18)10-22-17-6-3-12(20)9-16(17)21/h2-10H,1H3. The molecule has 2 aromatic carbocycles. The van der Waals surface area contributed by atoms with Gasteiger partial charge in [0.25, 0.3) is 0 Å². The SMILES string of the molecule is Cc1ccc(-c2ccc(C=Nc3ccc(F)cc3F)o2)c(Br)c1. The summed E-state index contributed by atoms with van der Waals surface area (Å²) in [5.41, 5.74) is 2.12. The molecule has 0 spiro atoms. The van der Waals surface area contributed by atoms with E-state index in [1.165, 1.54) is 12.3 Å². The van der Waals surface area contributed by atoms with Gasteiger partial charge in [0.1, 0.15) is 17.3 Å². The third kappa shape index (κ3) is 3.56. The molecule has 1 aromatic heterocycles. The summed E-state index contributed by atoms with van der Waals surface area (Å²) < 4.78 is 33.0. The highest BCUT2D eigenvalue weighted by Gasteiger charge is 2.08. The highest BCUT2D eigenvalue weighted by atomic mass is 79.9. The molecule has 0 fully saturated rings. The van der Waals surface area contributed by atoms with Crippen molar-refractivity contribution in [3.63, 3.8) is 0 Å². The first kappa shape index (κ1) is 15.6. The number of benzene rings is 2. The maximum absolute atomic E-state index is 13.5. The maximum atomic E-state index is 13.5. The quantitative estimate of drug-likeness (QED) is 0.511. The Hall–Kier alpha value is -2.27. The highest BCUT2D eigenvalue weighted by Crippen LogP contribution is 2.30. The molecule has 0 radical (unpaired) electrons. The average molecular weight is 376 g/mol. The molecule has 0 saturated heterocycles. The Bertz CT molecular complexity index is 886. The van der Waals surface area contributed by atoms with Crippen LogP contribution in [0.25, 0.3) is 11.3 Å². The van der Waals surface area contributed by atoms with Crippen LogP contribution < -0.4 is 0 Å². The van der Waals surface area contributed by atoms with Crippen molar-refractivity contribution in [1.29, 1.82) is 0 Å². The van der Waals surface area contributed by atoms with Gasteiger partial charge in [0.2, 0.25) is 0 Å². The molecule has 2 nitrogen and oxygen atoms in total. The van der Waals surface area contributed by atoms with Gasteiger partial charge in [-0.15, -0.1) is 0 Å². The molecule has 0 N–H and O–H groups in total. The fourth-order valence-electron chi connectivity index (χ4n) is 2.11. The smallest absolute Gasteiger partial charge is 0.151 e. The molecule has 0 amide bonds. The fourth-order valence-corrected chi connectivity index (χ4v) is 2.79. The van der Waals surface area contributed by atoms with Crippen LogP contribution in [-0.4, -0.2) is 6.21 Å². The van der Waals surface area contributed by atoms with Crippen molar-refractivity contribution < 1.29 is 13.2 Å². The zero-order valence-electron chi connectivity index (χ0n) is 12.2. The zero-order chi connectivity index (χ0) is 16.4. The minimum absolute atomic E-state index is 0.0564. The van der Waals surface area contributed by atoms with Crippen LogP contribution in [0.1, 0.15) is 11.3 Å². The number of rotatable bonds is 3. The lowest BCUT2D eigenvalue weighted by atomic mass is 10.1. The van der Waals surface area contributed by atoms with Crippen LogP contribution in [-0.2, 0) is 0 Å². The Morgan fingerprint density at radius 2 is 1.87 bits per heavy atom. The Balaban J connectivity index is 1.86. The van der Waals surface area contributed by atoms with Crippen LogP contribution in [0.4, 0.5) is 14.5 Å². The largest absolute Gasteiger partial charge is 0.455 e. The second-order valence-corrected chi connectivity index (χ2v) is 5.89. The molecule has 0 aliphatic rings. The van der Waals surface area contributed by atoms with Gasteiger partial charge in [0.05, 0.1) is 11.9 Å². The number of aryl methyl sites for hydroxylation is 1. The molecule has 5 heteroatoms. The van der Waals surface area contributed by atoms with E-state index in [4.69, 9.17) is 4.42 Å². The van der Waals surface area contributed by atoms with Crippen molar-refractivity contribution >= 4 is 27.8 Å². The van der Waals surface area contributed by atoms with E-state index in [9.17, 15) is 8.78 Å². The predicted molar refractivity (Wildman–Crippen MR) is 90.2 cm³/mol. The van der Waals surface area contributed by atoms with Gasteiger partial charge in [0, 0.05) is 16.1 Å². The minimum atomic E-state index is -0.714. The van der Waals surface area contributed by atoms with Gasteiger partial charge in [-0.05, 0) is 48.9 Å². The molecule has 23 heavy (non-hydrogen) atoms. The molecule has 3 rings (SSSR count). The topological polar surface area (TPSA) is 25.5 Å². The number of nitrogens with zero attached hydrogens (tertiary/aromatic N) is 1. The number of aliphatic imine (C=N–C) groups is 1. The fraction of sp³-hybridized carbons (Fsp3) is 0.0556. The molecule has 1 heterocycles. The molecule has 0 unspecified atom stereocenters. The Labute approximate surface area is 140 Å². The van der Waals surface area contributed by atoms with Gasteiger partial charge in [-0.2, -0.15) is 0 Å². The van der Waals surface area contributed by atoms with Crippen molar-refractivity contribution in [2.75, 3.05) is 0 Å². The van der Waals surface area contributed by atoms with Crippen LogP contribution in [0.5, 0.6) is 0 Å². The summed E-state index contributed by atoms with van der Waals surface area (Å²) >= 11 is 3.51. The molecule has 116 valence electrons. The minimum Gasteiger partial charge on any atom is -0.455 e. The molecular formula is C18H12BrF2NO. The molecule has 0 saturated carbocycles. The van der Waals surface area contributed by atoms with Gasteiger partial charge >= 0.3 is 0 Å². The first-order valence-corrected chi connectivity index (χ1v) is 7.68. The van der Waals surface area contributed by atoms with Crippen molar-refractivity contribution in [2.45, 2.75) is 6.92 Å². The van der Waals surface area contributed by atoms with E-state index in [-0.39, 0.29) is 5.69 Å². The molecule has 0 atom stereocenters. The number of hydrogen-bond donors (Lipinski definition) is 0. The van der Waals surface area contributed by atoms with E-state index < -0.39 is 11.6 Å². The third-order valence-corrected chi connectivity index (χ3v) is 3.91. The zero-order valence-corrected chi connectivity index (χ0v) is 13.8. The molecular weight excluding hydrogens is 364 g/mol. The number of halogens is 3. The van der Waals surface area contributed by atoms with E-state index in [0.29, 0.717) is 11.5 Å². The van der Waals surface area contributed by atoms with Crippen molar-refractivity contribution in [3.05, 3.63) is 76.0 Å². The first-order chi connectivity index (χ1) is 11.0. The van der Waals surface area contributed by atoms with Crippen LogP contribution in [0.3, 0.4) is 0 Å². The number of furan rings is 1. The van der Waals surface area contributed by atoms with Gasteiger partial charge in [-0.3, -0.25) is 0 Å². The summed E-state index contributed by atoms with van der Waals surface area (Å²) in [5.74, 6) is -0.186. The second-order valence-electron chi connectivity index (χ2n) is 5.04. The van der Waals surface area contributed by atoms with Gasteiger partial charge < -0.3 is 4.42 Å². The molecule has 0 aliphatic heterocycles. The van der Waals surface area contributed by atoms with Crippen molar-refractivity contribution in [2.24, 2.45) is 4.99 Å². The summed E-state index contributed by atoms with van der Waals surface area (Å²) in [6.45, 7) is 2.01. The van der Waals surface area contributed by atoms with Crippen LogP contribution in [0.15, 0.2) is 62.4 Å². The lowest BCUT2D eigenvalue weighted by Crippen LogP contribution is -1.81. The summed E-state index contributed by atoms with van der Waals surface area (Å²) in [6, 6.07) is 12.7. The van der Waals surface area contributed by atoms with E-state index in [0.717, 1.165) is 27.7 Å². The predicted octanol–water partition coefficient (Wildman–Crippen LogP) is 6.05. The van der Waals surface area contributed by atoms with Gasteiger partial charge in [-0.1, -0.05) is 22.0 Å². The van der Waals surface area contributed by atoms with Crippen molar-refractivity contribution in [1.82, 2.24) is 0 Å². The second kappa shape index (κ2) is 6.46. The van der Waals surface area contributed by atoms with E-state index in [2.05, 4.69) is 20.9 Å². The lowest BCUT2D eigenvalue weighted by Gasteiger charge is -2.02. The Kier molecular flexibility index (Phi) is 4.39. The average Bonchev–Trinajstić information content (AvgIpc) is 2.95. The normalized spacial score (nSPS) is 11.3. The van der Waals surface area contributed by atoms with Crippen LogP contribution >= 0.6 is 15.9 Å². The van der Waals surface area contributed by atoms with Crippen LogP contribution in [0.2, 0.25) is 0 Å². The Morgan fingerprint density at radius 1 is 1.04 bits per heavy atom. The maximum Gasteiger partial charge on any atom is 0.151 e. The molecule has 0 bridgehead atoms.